The van der Waals surface area contributed by atoms with Crippen molar-refractivity contribution in [1.29, 1.82) is 0 Å². The fraction of sp³-hybridized carbons (Fsp3) is 0.717. The monoisotopic (exact) mass is 785 g/mol. The Morgan fingerprint density at radius 2 is 0.768 bits per heavy atom. The summed E-state index contributed by atoms with van der Waals surface area (Å²) >= 11 is 1.77. The van der Waals surface area contributed by atoms with Crippen LogP contribution in [0.5, 0.6) is 0 Å². The Balaban J connectivity index is 1.26. The lowest BCUT2D eigenvalue weighted by Gasteiger charge is -2.25. The standard InChI is InChI=1S/C53H88N2S/c1-3-5-7-9-11-13-15-17-19-20-21-22-23-24-26-28-30-32-34-38-48-55(47-37-33-31-29-27-25-18-16-14-12-10-8-6-4-2)50-44-41-49(42-45-50)43-46-53-54-51-39-35-36-40-52(51)56-53/h35-36,39-46H,3-34,37-38,47-48H2,1-2H3. The number of nitrogens with zero attached hydrogens (tertiary/aromatic N) is 2. The molecule has 0 saturated carbocycles. The highest BCUT2D eigenvalue weighted by atomic mass is 32.1. The third kappa shape index (κ3) is 24.6. The van der Waals surface area contributed by atoms with Gasteiger partial charge < -0.3 is 4.90 Å². The van der Waals surface area contributed by atoms with Crippen LogP contribution in [-0.2, 0) is 0 Å². The van der Waals surface area contributed by atoms with E-state index < -0.39 is 0 Å². The van der Waals surface area contributed by atoms with Crippen molar-refractivity contribution in [1.82, 2.24) is 4.98 Å². The van der Waals surface area contributed by atoms with E-state index in [9.17, 15) is 0 Å². The van der Waals surface area contributed by atoms with Gasteiger partial charge in [-0.05, 0) is 48.7 Å². The summed E-state index contributed by atoms with van der Waals surface area (Å²) < 4.78 is 1.26. The van der Waals surface area contributed by atoms with Gasteiger partial charge in [0, 0.05) is 18.8 Å². The van der Waals surface area contributed by atoms with Gasteiger partial charge in [0.05, 0.1) is 10.2 Å². The van der Waals surface area contributed by atoms with E-state index in [1.165, 1.54) is 247 Å². The molecule has 0 aliphatic carbocycles. The average molecular weight is 785 g/mol. The Hall–Kier alpha value is -2.13. The van der Waals surface area contributed by atoms with E-state index in [1.54, 1.807) is 11.3 Å². The van der Waals surface area contributed by atoms with Gasteiger partial charge in [0.1, 0.15) is 5.01 Å². The fourth-order valence-corrected chi connectivity index (χ4v) is 9.22. The molecule has 3 heteroatoms. The number of benzene rings is 2. The van der Waals surface area contributed by atoms with Crippen molar-refractivity contribution in [3.05, 3.63) is 59.1 Å². The second kappa shape index (κ2) is 34.9. The first-order chi connectivity index (χ1) is 27.8. The Bertz CT molecular complexity index is 1280. The van der Waals surface area contributed by atoms with E-state index in [1.807, 2.05) is 0 Å². The molecule has 0 radical (unpaired) electrons. The highest BCUT2D eigenvalue weighted by Gasteiger charge is 2.07. The van der Waals surface area contributed by atoms with Gasteiger partial charge in [0.25, 0.3) is 0 Å². The van der Waals surface area contributed by atoms with Gasteiger partial charge in [0.15, 0.2) is 0 Å². The van der Waals surface area contributed by atoms with Crippen LogP contribution in [0.3, 0.4) is 0 Å². The Labute approximate surface area is 352 Å². The van der Waals surface area contributed by atoms with Crippen molar-refractivity contribution in [2.45, 2.75) is 232 Å². The third-order valence-electron chi connectivity index (χ3n) is 12.1. The molecule has 0 amide bonds. The molecule has 0 bridgehead atoms. The molecule has 2 aromatic carbocycles. The van der Waals surface area contributed by atoms with Crippen LogP contribution in [-0.4, -0.2) is 18.1 Å². The highest BCUT2D eigenvalue weighted by molar-refractivity contribution is 7.19. The van der Waals surface area contributed by atoms with Crippen LogP contribution < -0.4 is 4.90 Å². The Kier molecular flexibility index (Phi) is 30.0. The minimum absolute atomic E-state index is 1.08. The smallest absolute Gasteiger partial charge is 0.117 e. The van der Waals surface area contributed by atoms with E-state index in [2.05, 4.69) is 79.4 Å². The normalized spacial score (nSPS) is 11.8. The van der Waals surface area contributed by atoms with Gasteiger partial charge in [0.2, 0.25) is 0 Å². The number of aromatic nitrogens is 1. The molecule has 2 nitrogen and oxygen atoms in total. The molecule has 316 valence electrons. The van der Waals surface area contributed by atoms with Crippen molar-refractivity contribution >= 4 is 39.4 Å². The van der Waals surface area contributed by atoms with Crippen LogP contribution in [0.15, 0.2) is 48.5 Å². The van der Waals surface area contributed by atoms with Crippen LogP contribution >= 0.6 is 11.3 Å². The summed E-state index contributed by atoms with van der Waals surface area (Å²) in [7, 11) is 0. The Morgan fingerprint density at radius 1 is 0.411 bits per heavy atom. The summed E-state index contributed by atoms with van der Waals surface area (Å²) in [5, 5.41) is 1.08. The zero-order chi connectivity index (χ0) is 39.4. The van der Waals surface area contributed by atoms with Gasteiger partial charge in [-0.2, -0.15) is 0 Å². The van der Waals surface area contributed by atoms with E-state index in [0.717, 1.165) is 10.5 Å². The summed E-state index contributed by atoms with van der Waals surface area (Å²) in [6.07, 6.45) is 53.1. The molecule has 0 spiro atoms. The number of hydrogen-bond donors (Lipinski definition) is 0. The predicted molar refractivity (Wildman–Crippen MR) is 256 cm³/mol. The molecule has 0 atom stereocenters. The second-order valence-electron chi connectivity index (χ2n) is 17.2. The van der Waals surface area contributed by atoms with Gasteiger partial charge in [-0.15, -0.1) is 11.3 Å². The van der Waals surface area contributed by atoms with E-state index >= 15 is 0 Å². The van der Waals surface area contributed by atoms with Crippen LogP contribution in [0.4, 0.5) is 5.69 Å². The van der Waals surface area contributed by atoms with Gasteiger partial charge in [-0.25, -0.2) is 4.98 Å². The first-order valence-corrected chi connectivity index (χ1v) is 25.5. The van der Waals surface area contributed by atoms with Crippen molar-refractivity contribution in [3.8, 4) is 0 Å². The van der Waals surface area contributed by atoms with Crippen LogP contribution in [0, 0.1) is 0 Å². The number of unbranched alkanes of at least 4 members (excludes halogenated alkanes) is 32. The number of rotatable bonds is 39. The van der Waals surface area contributed by atoms with Crippen molar-refractivity contribution in [2.75, 3.05) is 18.0 Å². The number of thiazole rings is 1. The molecule has 0 N–H and O–H groups in total. The number of fused-ring (bicyclic) bond motifs is 1. The van der Waals surface area contributed by atoms with Gasteiger partial charge >= 0.3 is 0 Å². The highest BCUT2D eigenvalue weighted by Crippen LogP contribution is 2.25. The second-order valence-corrected chi connectivity index (χ2v) is 18.3. The minimum Gasteiger partial charge on any atom is -0.372 e. The summed E-state index contributed by atoms with van der Waals surface area (Å²) in [6, 6.07) is 17.7. The van der Waals surface area contributed by atoms with Gasteiger partial charge in [-0.3, -0.25) is 0 Å². The number of para-hydroxylation sites is 1. The first kappa shape index (κ1) is 48.2. The van der Waals surface area contributed by atoms with Crippen LogP contribution in [0.25, 0.3) is 22.4 Å². The maximum Gasteiger partial charge on any atom is 0.117 e. The molecule has 1 heterocycles. The zero-order valence-electron chi connectivity index (χ0n) is 37.0. The minimum atomic E-state index is 1.08. The number of anilines is 1. The molecule has 0 aliphatic heterocycles. The Morgan fingerprint density at radius 3 is 1.14 bits per heavy atom. The SMILES string of the molecule is CCCCCCCCCCCCCCCCCCCCCCN(CCCCCCCCCCCCCCCC)c1ccc(C=Cc2nc3ccccc3s2)cc1. The maximum atomic E-state index is 4.78. The average Bonchev–Trinajstić information content (AvgIpc) is 3.65. The van der Waals surface area contributed by atoms with Crippen molar-refractivity contribution in [3.63, 3.8) is 0 Å². The predicted octanol–water partition coefficient (Wildman–Crippen LogP) is 18.6. The molecule has 0 unspecified atom stereocenters. The molecular weight excluding hydrogens is 697 g/mol. The van der Waals surface area contributed by atoms with Crippen molar-refractivity contribution in [2.24, 2.45) is 0 Å². The van der Waals surface area contributed by atoms with Crippen molar-refractivity contribution < 1.29 is 0 Å². The molecule has 56 heavy (non-hydrogen) atoms. The third-order valence-corrected chi connectivity index (χ3v) is 13.1. The van der Waals surface area contributed by atoms with E-state index in [0.29, 0.717) is 0 Å². The summed E-state index contributed by atoms with van der Waals surface area (Å²) in [4.78, 5) is 7.48. The fourth-order valence-electron chi connectivity index (χ4n) is 8.35. The van der Waals surface area contributed by atoms with E-state index in [4.69, 9.17) is 4.98 Å². The van der Waals surface area contributed by atoms with Gasteiger partial charge in [-0.1, -0.05) is 250 Å². The summed E-state index contributed by atoms with van der Waals surface area (Å²) in [5.41, 5.74) is 3.74. The lowest BCUT2D eigenvalue weighted by atomic mass is 10.0. The largest absolute Gasteiger partial charge is 0.372 e. The molecule has 0 fully saturated rings. The van der Waals surface area contributed by atoms with Crippen LogP contribution in [0.1, 0.15) is 243 Å². The topological polar surface area (TPSA) is 16.1 Å². The lowest BCUT2D eigenvalue weighted by Crippen LogP contribution is -2.25. The molecule has 0 aliphatic rings. The van der Waals surface area contributed by atoms with Crippen LogP contribution in [0.2, 0.25) is 0 Å². The molecule has 3 rings (SSSR count). The number of hydrogen-bond acceptors (Lipinski definition) is 3. The quantitative estimate of drug-likeness (QED) is 0.0536. The lowest BCUT2D eigenvalue weighted by molar-refractivity contribution is 0.520. The zero-order valence-corrected chi connectivity index (χ0v) is 37.8. The molecular formula is C53H88N2S. The summed E-state index contributed by atoms with van der Waals surface area (Å²) in [5.74, 6) is 0. The first-order valence-electron chi connectivity index (χ1n) is 24.7. The summed E-state index contributed by atoms with van der Waals surface area (Å²) in [6.45, 7) is 7.00. The maximum absolute atomic E-state index is 4.78. The molecule has 3 aromatic rings. The van der Waals surface area contributed by atoms with E-state index in [-0.39, 0.29) is 0 Å². The molecule has 1 aromatic heterocycles. The molecule has 0 saturated heterocycles.